The van der Waals surface area contributed by atoms with E-state index in [0.717, 1.165) is 29.3 Å². The van der Waals surface area contributed by atoms with Crippen LogP contribution in [0.4, 0.5) is 5.95 Å². The highest BCUT2D eigenvalue weighted by molar-refractivity contribution is 9.09. The molecule has 3 nitrogen and oxygen atoms in total. The van der Waals surface area contributed by atoms with Crippen LogP contribution in [0.25, 0.3) is 10.2 Å². The molecule has 0 saturated carbocycles. The minimum atomic E-state index is 0.583. The molecule has 1 aliphatic rings. The smallest absolute Gasteiger partial charge is 0.225 e. The van der Waals surface area contributed by atoms with E-state index >= 15 is 0 Å². The molecule has 3 heterocycles. The Labute approximate surface area is 100 Å². The fourth-order valence-electron chi connectivity index (χ4n) is 1.81. The number of halogens is 1. The summed E-state index contributed by atoms with van der Waals surface area (Å²) in [5, 5.41) is 2.06. The Bertz CT molecular complexity index is 484. The Morgan fingerprint density at radius 1 is 1.53 bits per heavy atom. The third kappa shape index (κ3) is 1.74. The molecule has 1 saturated heterocycles. The Morgan fingerprint density at radius 3 is 3.27 bits per heavy atom. The number of thiophene rings is 1. The molecule has 0 bridgehead atoms. The molecule has 0 aliphatic carbocycles. The van der Waals surface area contributed by atoms with Crippen LogP contribution >= 0.6 is 27.3 Å². The van der Waals surface area contributed by atoms with Crippen molar-refractivity contribution in [2.75, 3.05) is 18.0 Å². The molecule has 0 radical (unpaired) electrons. The fourth-order valence-corrected chi connectivity index (χ4v) is 3.05. The van der Waals surface area contributed by atoms with Gasteiger partial charge in [0.25, 0.3) is 0 Å². The lowest BCUT2D eigenvalue weighted by Crippen LogP contribution is -2.21. The molecule has 2 aromatic heterocycles. The second-order valence-electron chi connectivity index (χ2n) is 3.67. The van der Waals surface area contributed by atoms with Crippen LogP contribution in [-0.4, -0.2) is 27.9 Å². The zero-order valence-electron chi connectivity index (χ0n) is 8.06. The van der Waals surface area contributed by atoms with Gasteiger partial charge in [0.1, 0.15) is 0 Å². The zero-order chi connectivity index (χ0) is 10.3. The average Bonchev–Trinajstić information content (AvgIpc) is 2.84. The van der Waals surface area contributed by atoms with Crippen LogP contribution in [0.2, 0.25) is 0 Å². The van der Waals surface area contributed by atoms with E-state index in [4.69, 9.17) is 0 Å². The molecule has 0 aromatic carbocycles. The Hall–Kier alpha value is -0.680. The predicted octanol–water partition coefficient (Wildman–Crippen LogP) is 2.66. The molecule has 2 aromatic rings. The maximum absolute atomic E-state index is 4.56. The molecular formula is C10H10BrN3S. The molecule has 5 heteroatoms. The predicted molar refractivity (Wildman–Crippen MR) is 67.0 cm³/mol. The van der Waals surface area contributed by atoms with Crippen molar-refractivity contribution in [2.45, 2.75) is 11.2 Å². The van der Waals surface area contributed by atoms with Gasteiger partial charge in [-0.25, -0.2) is 9.97 Å². The summed E-state index contributed by atoms with van der Waals surface area (Å²) < 4.78 is 1.16. The first-order valence-electron chi connectivity index (χ1n) is 4.92. The van der Waals surface area contributed by atoms with E-state index in [-0.39, 0.29) is 0 Å². The van der Waals surface area contributed by atoms with Crippen molar-refractivity contribution in [1.82, 2.24) is 9.97 Å². The molecular weight excluding hydrogens is 274 g/mol. The van der Waals surface area contributed by atoms with Gasteiger partial charge in [0.05, 0.1) is 16.4 Å². The van der Waals surface area contributed by atoms with Crippen LogP contribution in [0.1, 0.15) is 6.42 Å². The van der Waals surface area contributed by atoms with Crippen molar-refractivity contribution >= 4 is 43.4 Å². The Balaban J connectivity index is 1.97. The lowest BCUT2D eigenvalue weighted by atomic mass is 10.4. The minimum absolute atomic E-state index is 0.583. The molecule has 78 valence electrons. The number of alkyl halides is 1. The molecule has 1 atom stereocenters. The summed E-state index contributed by atoms with van der Waals surface area (Å²) in [6.07, 6.45) is 3.09. The monoisotopic (exact) mass is 283 g/mol. The zero-order valence-corrected chi connectivity index (χ0v) is 10.5. The number of hydrogen-bond donors (Lipinski definition) is 0. The van der Waals surface area contributed by atoms with Crippen LogP contribution in [0.5, 0.6) is 0 Å². The second-order valence-corrected chi connectivity index (χ2v) is 5.91. The third-order valence-electron chi connectivity index (χ3n) is 2.60. The fraction of sp³-hybridized carbons (Fsp3) is 0.400. The van der Waals surface area contributed by atoms with Crippen molar-refractivity contribution < 1.29 is 0 Å². The molecule has 15 heavy (non-hydrogen) atoms. The molecule has 1 aliphatic heterocycles. The summed E-state index contributed by atoms with van der Waals surface area (Å²) in [5.41, 5.74) is 1.06. The van der Waals surface area contributed by atoms with Gasteiger partial charge in [-0.15, -0.1) is 11.3 Å². The standard InChI is InChI=1S/C10H10BrN3S/c11-7-1-3-14(6-7)10-12-5-9-8(13-10)2-4-15-9/h2,4-5,7H,1,3,6H2. The summed E-state index contributed by atoms with van der Waals surface area (Å²) >= 11 is 5.31. The largest absolute Gasteiger partial charge is 0.340 e. The lowest BCUT2D eigenvalue weighted by molar-refractivity contribution is 0.909. The van der Waals surface area contributed by atoms with E-state index in [1.807, 2.05) is 12.3 Å². The van der Waals surface area contributed by atoms with E-state index in [2.05, 4.69) is 36.2 Å². The second kappa shape index (κ2) is 3.72. The van der Waals surface area contributed by atoms with E-state index in [9.17, 15) is 0 Å². The van der Waals surface area contributed by atoms with Crippen molar-refractivity contribution in [2.24, 2.45) is 0 Å². The van der Waals surface area contributed by atoms with Crippen molar-refractivity contribution in [3.05, 3.63) is 17.6 Å². The van der Waals surface area contributed by atoms with Gasteiger partial charge in [-0.1, -0.05) is 15.9 Å². The average molecular weight is 284 g/mol. The summed E-state index contributed by atoms with van der Waals surface area (Å²) in [4.78, 5) is 11.8. The highest BCUT2D eigenvalue weighted by atomic mass is 79.9. The number of rotatable bonds is 1. The van der Waals surface area contributed by atoms with Gasteiger partial charge in [0.15, 0.2) is 0 Å². The lowest BCUT2D eigenvalue weighted by Gasteiger charge is -2.14. The highest BCUT2D eigenvalue weighted by Gasteiger charge is 2.22. The van der Waals surface area contributed by atoms with E-state index < -0.39 is 0 Å². The molecule has 0 N–H and O–H groups in total. The maximum atomic E-state index is 4.56. The van der Waals surface area contributed by atoms with Crippen LogP contribution < -0.4 is 4.90 Å². The molecule has 1 fully saturated rings. The highest BCUT2D eigenvalue weighted by Crippen LogP contribution is 2.24. The Morgan fingerprint density at radius 2 is 2.47 bits per heavy atom. The summed E-state index contributed by atoms with van der Waals surface area (Å²) in [7, 11) is 0. The maximum Gasteiger partial charge on any atom is 0.225 e. The topological polar surface area (TPSA) is 29.0 Å². The van der Waals surface area contributed by atoms with Gasteiger partial charge in [0.2, 0.25) is 5.95 Å². The van der Waals surface area contributed by atoms with Crippen LogP contribution in [0, 0.1) is 0 Å². The first kappa shape index (κ1) is 9.54. The molecule has 0 spiro atoms. The van der Waals surface area contributed by atoms with Crippen LogP contribution in [0.15, 0.2) is 17.6 Å². The van der Waals surface area contributed by atoms with Crippen molar-refractivity contribution in [3.8, 4) is 0 Å². The van der Waals surface area contributed by atoms with Gasteiger partial charge in [-0.05, 0) is 17.9 Å². The van der Waals surface area contributed by atoms with Gasteiger partial charge >= 0.3 is 0 Å². The quantitative estimate of drug-likeness (QED) is 0.754. The first-order chi connectivity index (χ1) is 7.33. The van der Waals surface area contributed by atoms with Crippen LogP contribution in [-0.2, 0) is 0 Å². The number of hydrogen-bond acceptors (Lipinski definition) is 4. The van der Waals surface area contributed by atoms with Gasteiger partial charge in [-0.3, -0.25) is 0 Å². The molecule has 1 unspecified atom stereocenters. The Kier molecular flexibility index (Phi) is 2.36. The SMILES string of the molecule is BrC1CCN(c2ncc3sccc3n2)C1. The number of fused-ring (bicyclic) bond motifs is 1. The number of anilines is 1. The summed E-state index contributed by atoms with van der Waals surface area (Å²) in [6, 6.07) is 2.05. The van der Waals surface area contributed by atoms with Gasteiger partial charge in [-0.2, -0.15) is 0 Å². The minimum Gasteiger partial charge on any atom is -0.340 e. The first-order valence-corrected chi connectivity index (χ1v) is 6.72. The van der Waals surface area contributed by atoms with Gasteiger partial charge in [0, 0.05) is 17.9 Å². The summed E-state index contributed by atoms with van der Waals surface area (Å²) in [5.74, 6) is 0.864. The van der Waals surface area contributed by atoms with Gasteiger partial charge < -0.3 is 4.90 Å². The number of aromatic nitrogens is 2. The summed E-state index contributed by atoms with van der Waals surface area (Å²) in [6.45, 7) is 2.06. The van der Waals surface area contributed by atoms with Crippen molar-refractivity contribution in [1.29, 1.82) is 0 Å². The molecule has 0 amide bonds. The van der Waals surface area contributed by atoms with Crippen LogP contribution in [0.3, 0.4) is 0 Å². The third-order valence-corrected chi connectivity index (χ3v) is 4.19. The van der Waals surface area contributed by atoms with E-state index in [0.29, 0.717) is 4.83 Å². The molecule has 3 rings (SSSR count). The van der Waals surface area contributed by atoms with E-state index in [1.165, 1.54) is 6.42 Å². The number of nitrogens with zero attached hydrogens (tertiary/aromatic N) is 3. The van der Waals surface area contributed by atoms with E-state index in [1.54, 1.807) is 11.3 Å². The van der Waals surface area contributed by atoms with Crippen molar-refractivity contribution in [3.63, 3.8) is 0 Å². The normalized spacial score (nSPS) is 21.4.